The molecule has 0 atom stereocenters. The number of H-pyrrole nitrogens is 1. The van der Waals surface area contributed by atoms with Gasteiger partial charge in [-0.15, -0.1) is 0 Å². The van der Waals surface area contributed by atoms with Gasteiger partial charge in [-0.2, -0.15) is 0 Å². The second-order valence-corrected chi connectivity index (χ2v) is 5.16. The first-order chi connectivity index (χ1) is 10.5. The Labute approximate surface area is 126 Å². The minimum atomic E-state index is -0.294. The summed E-state index contributed by atoms with van der Waals surface area (Å²) in [6, 6.07) is 8.26. The maximum Gasteiger partial charge on any atom is 0.257 e. The second-order valence-electron chi connectivity index (χ2n) is 5.16. The Hall–Kier alpha value is -2.89. The topological polar surface area (TPSA) is 82.3 Å². The molecule has 2 aromatic rings. The van der Waals surface area contributed by atoms with Gasteiger partial charge in [0, 0.05) is 37.1 Å². The van der Waals surface area contributed by atoms with Gasteiger partial charge in [0.1, 0.15) is 0 Å². The van der Waals surface area contributed by atoms with Crippen molar-refractivity contribution in [3.05, 3.63) is 58.0 Å². The molecule has 6 nitrogen and oxygen atoms in total. The quantitative estimate of drug-likeness (QED) is 0.882. The van der Waals surface area contributed by atoms with Crippen molar-refractivity contribution in [2.45, 2.75) is 13.3 Å². The Morgan fingerprint density at radius 2 is 2.05 bits per heavy atom. The maximum atomic E-state index is 12.1. The first-order valence-electron chi connectivity index (χ1n) is 6.96. The molecule has 0 radical (unpaired) electrons. The molecule has 0 bridgehead atoms. The first kappa shape index (κ1) is 14.1. The molecule has 6 heteroatoms. The van der Waals surface area contributed by atoms with Gasteiger partial charge in [0.15, 0.2) is 0 Å². The molecule has 0 saturated heterocycles. The highest BCUT2D eigenvalue weighted by atomic mass is 16.2. The molecule has 2 N–H and O–H groups in total. The smallest absolute Gasteiger partial charge is 0.257 e. The van der Waals surface area contributed by atoms with Crippen molar-refractivity contribution in [1.82, 2.24) is 4.98 Å². The lowest BCUT2D eigenvalue weighted by molar-refractivity contribution is -0.116. The number of amides is 2. The molecule has 0 unspecified atom stereocenters. The van der Waals surface area contributed by atoms with E-state index in [1.165, 1.54) is 18.3 Å². The summed E-state index contributed by atoms with van der Waals surface area (Å²) in [6.07, 6.45) is 2.15. The fourth-order valence-corrected chi connectivity index (χ4v) is 2.56. The van der Waals surface area contributed by atoms with Crippen LogP contribution < -0.4 is 15.8 Å². The van der Waals surface area contributed by atoms with Crippen LogP contribution in [0.3, 0.4) is 0 Å². The number of benzene rings is 1. The number of carbonyl (C=O) groups excluding carboxylic acids is 2. The molecule has 0 saturated carbocycles. The third-order valence-electron chi connectivity index (χ3n) is 3.66. The molecule has 1 aliphatic heterocycles. The number of anilines is 2. The van der Waals surface area contributed by atoms with E-state index in [9.17, 15) is 14.4 Å². The number of aromatic amines is 1. The summed E-state index contributed by atoms with van der Waals surface area (Å²) in [7, 11) is 0. The highest BCUT2D eigenvalue weighted by Gasteiger charge is 2.22. The van der Waals surface area contributed by atoms with E-state index in [4.69, 9.17) is 0 Å². The molecule has 2 amide bonds. The van der Waals surface area contributed by atoms with Crippen molar-refractivity contribution in [3.63, 3.8) is 0 Å². The second kappa shape index (κ2) is 5.48. The van der Waals surface area contributed by atoms with Gasteiger partial charge in [0.05, 0.1) is 5.56 Å². The number of nitrogens with zero attached hydrogens (tertiary/aromatic N) is 1. The molecule has 1 aromatic carbocycles. The highest BCUT2D eigenvalue weighted by molar-refractivity contribution is 6.04. The largest absolute Gasteiger partial charge is 0.328 e. The summed E-state index contributed by atoms with van der Waals surface area (Å²) in [5.74, 6) is -0.276. The SMILES string of the molecule is CC(=O)N1CCc2cc(NC(=O)c3ccc(=O)[nH]c3)ccc21. The minimum Gasteiger partial charge on any atom is -0.328 e. The minimum absolute atomic E-state index is 0.0174. The van der Waals surface area contributed by atoms with Crippen LogP contribution in [-0.2, 0) is 11.2 Å². The van der Waals surface area contributed by atoms with Crippen LogP contribution >= 0.6 is 0 Å². The normalized spacial score (nSPS) is 12.9. The molecule has 112 valence electrons. The summed E-state index contributed by atoms with van der Waals surface area (Å²) < 4.78 is 0. The molecule has 0 spiro atoms. The predicted octanol–water partition coefficient (Wildman–Crippen LogP) is 1.54. The average Bonchev–Trinajstić information content (AvgIpc) is 2.91. The van der Waals surface area contributed by atoms with Gasteiger partial charge < -0.3 is 15.2 Å². The Kier molecular flexibility index (Phi) is 3.50. The van der Waals surface area contributed by atoms with E-state index in [1.807, 2.05) is 12.1 Å². The third-order valence-corrected chi connectivity index (χ3v) is 3.66. The maximum absolute atomic E-state index is 12.1. The van der Waals surface area contributed by atoms with Gasteiger partial charge in [0.25, 0.3) is 5.91 Å². The van der Waals surface area contributed by atoms with E-state index < -0.39 is 0 Å². The van der Waals surface area contributed by atoms with Crippen molar-refractivity contribution in [2.24, 2.45) is 0 Å². The molecule has 1 aliphatic rings. The summed E-state index contributed by atoms with van der Waals surface area (Å²) in [4.78, 5) is 38.8. The monoisotopic (exact) mass is 297 g/mol. The Bertz CT molecular complexity index is 790. The van der Waals surface area contributed by atoms with Crippen LogP contribution in [0.2, 0.25) is 0 Å². The van der Waals surface area contributed by atoms with Crippen molar-refractivity contribution in [3.8, 4) is 0 Å². The van der Waals surface area contributed by atoms with Crippen LogP contribution in [0.1, 0.15) is 22.8 Å². The van der Waals surface area contributed by atoms with E-state index in [-0.39, 0.29) is 17.4 Å². The van der Waals surface area contributed by atoms with Gasteiger partial charge in [-0.05, 0) is 36.2 Å². The Balaban J connectivity index is 1.80. The van der Waals surface area contributed by atoms with Crippen molar-refractivity contribution in [1.29, 1.82) is 0 Å². The predicted molar refractivity (Wildman–Crippen MR) is 83.2 cm³/mol. The molecular weight excluding hydrogens is 282 g/mol. The number of fused-ring (bicyclic) bond motifs is 1. The lowest BCUT2D eigenvalue weighted by Crippen LogP contribution is -2.25. The number of hydrogen-bond acceptors (Lipinski definition) is 3. The fourth-order valence-electron chi connectivity index (χ4n) is 2.56. The average molecular weight is 297 g/mol. The van der Waals surface area contributed by atoms with E-state index in [2.05, 4.69) is 10.3 Å². The van der Waals surface area contributed by atoms with Crippen molar-refractivity contribution < 1.29 is 9.59 Å². The number of nitrogens with one attached hydrogen (secondary N) is 2. The van der Waals surface area contributed by atoms with Crippen LogP contribution in [0.5, 0.6) is 0 Å². The van der Waals surface area contributed by atoms with E-state index >= 15 is 0 Å². The standard InChI is InChI=1S/C16H15N3O3/c1-10(20)19-7-6-11-8-13(3-4-14(11)19)18-16(22)12-2-5-15(21)17-9-12/h2-5,8-9H,6-7H2,1H3,(H,17,21)(H,18,22). The van der Waals surface area contributed by atoms with Gasteiger partial charge >= 0.3 is 0 Å². The van der Waals surface area contributed by atoms with Crippen LogP contribution in [0.4, 0.5) is 11.4 Å². The molecule has 3 rings (SSSR count). The molecule has 1 aromatic heterocycles. The van der Waals surface area contributed by atoms with E-state index in [0.29, 0.717) is 17.8 Å². The zero-order chi connectivity index (χ0) is 15.7. The van der Waals surface area contributed by atoms with Crippen LogP contribution in [-0.4, -0.2) is 23.3 Å². The third kappa shape index (κ3) is 2.63. The molecule has 2 heterocycles. The van der Waals surface area contributed by atoms with Gasteiger partial charge in [0.2, 0.25) is 11.5 Å². The Morgan fingerprint density at radius 3 is 2.73 bits per heavy atom. The molecule has 0 aliphatic carbocycles. The summed E-state index contributed by atoms with van der Waals surface area (Å²) in [5.41, 5.74) is 2.73. The van der Waals surface area contributed by atoms with Crippen LogP contribution in [0.25, 0.3) is 0 Å². The van der Waals surface area contributed by atoms with Crippen LogP contribution in [0.15, 0.2) is 41.3 Å². The number of rotatable bonds is 2. The summed E-state index contributed by atoms with van der Waals surface area (Å²) >= 11 is 0. The Morgan fingerprint density at radius 1 is 1.23 bits per heavy atom. The first-order valence-corrected chi connectivity index (χ1v) is 6.96. The lowest BCUT2D eigenvalue weighted by atomic mass is 10.1. The number of pyridine rings is 1. The fraction of sp³-hybridized carbons (Fsp3) is 0.188. The highest BCUT2D eigenvalue weighted by Crippen LogP contribution is 2.30. The number of carbonyl (C=O) groups is 2. The van der Waals surface area contributed by atoms with E-state index in [1.54, 1.807) is 17.9 Å². The zero-order valence-electron chi connectivity index (χ0n) is 12.1. The summed E-state index contributed by atoms with van der Waals surface area (Å²) in [5, 5.41) is 2.79. The number of aromatic nitrogens is 1. The summed E-state index contributed by atoms with van der Waals surface area (Å²) in [6.45, 7) is 2.21. The van der Waals surface area contributed by atoms with Gasteiger partial charge in [-0.1, -0.05) is 0 Å². The van der Waals surface area contributed by atoms with E-state index in [0.717, 1.165) is 17.7 Å². The van der Waals surface area contributed by atoms with Gasteiger partial charge in [-0.25, -0.2) is 0 Å². The molecular formula is C16H15N3O3. The van der Waals surface area contributed by atoms with Crippen LogP contribution in [0, 0.1) is 0 Å². The number of hydrogen-bond donors (Lipinski definition) is 2. The van der Waals surface area contributed by atoms with Gasteiger partial charge in [-0.3, -0.25) is 14.4 Å². The lowest BCUT2D eigenvalue weighted by Gasteiger charge is -2.15. The molecule has 0 fully saturated rings. The van der Waals surface area contributed by atoms with Crippen molar-refractivity contribution in [2.75, 3.05) is 16.8 Å². The zero-order valence-corrected chi connectivity index (χ0v) is 12.1. The van der Waals surface area contributed by atoms with Crippen molar-refractivity contribution >= 4 is 23.2 Å². The molecule has 22 heavy (non-hydrogen) atoms.